The standard InChI is InChI=1S/C23H21FN2/c24-20-9-3-17(4-10-20)23(18-5-11-21(25)12-6-18)19-7-13-22(14-8-19)26-15-1-2-16-26/h3-14,25H,1-2,15-16H2. The summed E-state index contributed by atoms with van der Waals surface area (Å²) < 4.78 is 13.4. The fourth-order valence-corrected chi connectivity index (χ4v) is 3.57. The molecule has 1 aliphatic heterocycles. The molecule has 0 saturated carbocycles. The lowest BCUT2D eigenvalue weighted by atomic mass is 9.90. The number of hydrogen-bond donors (Lipinski definition) is 1. The molecule has 0 unspecified atom stereocenters. The lowest BCUT2D eigenvalue weighted by molar-refractivity contribution is 0.627. The van der Waals surface area contributed by atoms with Crippen molar-refractivity contribution < 1.29 is 4.39 Å². The van der Waals surface area contributed by atoms with E-state index in [1.165, 1.54) is 30.7 Å². The van der Waals surface area contributed by atoms with Crippen LogP contribution >= 0.6 is 0 Å². The molecule has 130 valence electrons. The zero-order valence-corrected chi connectivity index (χ0v) is 14.6. The molecule has 0 atom stereocenters. The normalized spacial score (nSPS) is 16.4. The lowest BCUT2D eigenvalue weighted by Gasteiger charge is -2.19. The maximum absolute atomic E-state index is 13.4. The van der Waals surface area contributed by atoms with Crippen molar-refractivity contribution in [1.82, 2.24) is 0 Å². The SMILES string of the molecule is N=C1C=CC(=C(c2ccc(F)cc2)c2ccc(N3CCCC3)cc2)C=C1. The van der Waals surface area contributed by atoms with Gasteiger partial charge in [0.2, 0.25) is 0 Å². The van der Waals surface area contributed by atoms with Crippen LogP contribution in [-0.4, -0.2) is 18.8 Å². The molecule has 2 nitrogen and oxygen atoms in total. The third-order valence-corrected chi connectivity index (χ3v) is 4.93. The topological polar surface area (TPSA) is 27.1 Å². The van der Waals surface area contributed by atoms with Crippen LogP contribution in [0, 0.1) is 11.2 Å². The minimum absolute atomic E-state index is 0.237. The monoisotopic (exact) mass is 344 g/mol. The van der Waals surface area contributed by atoms with Gasteiger partial charge in [0.25, 0.3) is 0 Å². The highest BCUT2D eigenvalue weighted by molar-refractivity contribution is 6.05. The number of allylic oxidation sites excluding steroid dienone is 5. The highest BCUT2D eigenvalue weighted by Gasteiger charge is 2.14. The molecule has 3 heteroatoms. The molecule has 1 N–H and O–H groups in total. The zero-order valence-electron chi connectivity index (χ0n) is 14.6. The van der Waals surface area contributed by atoms with Gasteiger partial charge in [0.1, 0.15) is 5.82 Å². The molecule has 1 heterocycles. The first-order chi connectivity index (χ1) is 12.7. The molecule has 0 spiro atoms. The summed E-state index contributed by atoms with van der Waals surface area (Å²) in [5, 5.41) is 7.73. The molecule has 2 aliphatic rings. The van der Waals surface area contributed by atoms with E-state index in [2.05, 4.69) is 29.2 Å². The Bertz CT molecular complexity index is 878. The van der Waals surface area contributed by atoms with Crippen LogP contribution < -0.4 is 4.90 Å². The third-order valence-electron chi connectivity index (χ3n) is 4.93. The first-order valence-electron chi connectivity index (χ1n) is 9.01. The van der Waals surface area contributed by atoms with Crippen LogP contribution in [-0.2, 0) is 0 Å². The van der Waals surface area contributed by atoms with E-state index in [4.69, 9.17) is 5.41 Å². The Hall–Kier alpha value is -2.94. The molecular formula is C23H21FN2. The summed E-state index contributed by atoms with van der Waals surface area (Å²) in [5.74, 6) is -0.237. The Morgan fingerprint density at radius 2 is 1.31 bits per heavy atom. The van der Waals surface area contributed by atoms with Gasteiger partial charge in [0, 0.05) is 18.8 Å². The third kappa shape index (κ3) is 3.38. The Labute approximate surface area is 153 Å². The number of anilines is 1. The highest BCUT2D eigenvalue weighted by atomic mass is 19.1. The van der Waals surface area contributed by atoms with Gasteiger partial charge in [-0.2, -0.15) is 0 Å². The van der Waals surface area contributed by atoms with Crippen molar-refractivity contribution in [2.45, 2.75) is 12.8 Å². The van der Waals surface area contributed by atoms with E-state index in [1.54, 1.807) is 12.2 Å². The minimum Gasteiger partial charge on any atom is -0.372 e. The van der Waals surface area contributed by atoms with Crippen LogP contribution in [0.4, 0.5) is 10.1 Å². The number of nitrogens with zero attached hydrogens (tertiary/aromatic N) is 1. The number of halogens is 1. The summed E-state index contributed by atoms with van der Waals surface area (Å²) in [4.78, 5) is 2.41. The molecule has 0 amide bonds. The second-order valence-electron chi connectivity index (χ2n) is 6.70. The predicted octanol–water partition coefficient (Wildman–Crippen LogP) is 5.37. The molecule has 2 aromatic carbocycles. The average molecular weight is 344 g/mol. The summed E-state index contributed by atoms with van der Waals surface area (Å²) in [6, 6.07) is 15.2. The van der Waals surface area contributed by atoms with E-state index in [0.29, 0.717) is 5.71 Å². The molecule has 26 heavy (non-hydrogen) atoms. The van der Waals surface area contributed by atoms with Gasteiger partial charge < -0.3 is 10.3 Å². The Morgan fingerprint density at radius 3 is 1.88 bits per heavy atom. The maximum Gasteiger partial charge on any atom is 0.123 e. The molecule has 0 aromatic heterocycles. The summed E-state index contributed by atoms with van der Waals surface area (Å²) in [7, 11) is 0. The summed E-state index contributed by atoms with van der Waals surface area (Å²) in [6.45, 7) is 2.25. The van der Waals surface area contributed by atoms with Gasteiger partial charge >= 0.3 is 0 Å². The van der Waals surface area contributed by atoms with Gasteiger partial charge in [-0.15, -0.1) is 0 Å². The van der Waals surface area contributed by atoms with Crippen LogP contribution in [0.15, 0.2) is 78.4 Å². The number of benzene rings is 2. The highest BCUT2D eigenvalue weighted by Crippen LogP contribution is 2.31. The Morgan fingerprint density at radius 1 is 0.769 bits per heavy atom. The number of nitrogens with one attached hydrogen (secondary N) is 1. The van der Waals surface area contributed by atoms with E-state index in [9.17, 15) is 4.39 Å². The largest absolute Gasteiger partial charge is 0.372 e. The van der Waals surface area contributed by atoms with Crippen LogP contribution in [0.3, 0.4) is 0 Å². The molecule has 1 saturated heterocycles. The molecular weight excluding hydrogens is 323 g/mol. The smallest absolute Gasteiger partial charge is 0.123 e. The first-order valence-corrected chi connectivity index (χ1v) is 9.01. The second-order valence-corrected chi connectivity index (χ2v) is 6.70. The van der Waals surface area contributed by atoms with Crippen molar-refractivity contribution >= 4 is 17.0 Å². The van der Waals surface area contributed by atoms with Crippen LogP contribution in [0.25, 0.3) is 5.57 Å². The predicted molar refractivity (Wildman–Crippen MR) is 106 cm³/mol. The summed E-state index contributed by atoms with van der Waals surface area (Å²) in [6.07, 6.45) is 10.0. The van der Waals surface area contributed by atoms with Gasteiger partial charge in [0.15, 0.2) is 0 Å². The molecule has 4 rings (SSSR count). The van der Waals surface area contributed by atoms with Crippen molar-refractivity contribution in [3.05, 3.63) is 95.4 Å². The Kier molecular flexibility index (Phi) is 4.53. The van der Waals surface area contributed by atoms with Crippen LogP contribution in [0.5, 0.6) is 0 Å². The molecule has 1 aliphatic carbocycles. The number of hydrogen-bond acceptors (Lipinski definition) is 2. The minimum atomic E-state index is -0.237. The van der Waals surface area contributed by atoms with E-state index in [-0.39, 0.29) is 5.82 Å². The van der Waals surface area contributed by atoms with Gasteiger partial charge in [-0.1, -0.05) is 36.4 Å². The molecule has 0 bridgehead atoms. The van der Waals surface area contributed by atoms with Crippen molar-refractivity contribution in [2.24, 2.45) is 0 Å². The molecule has 1 fully saturated rings. The van der Waals surface area contributed by atoms with E-state index in [1.807, 2.05) is 24.3 Å². The van der Waals surface area contributed by atoms with Gasteiger partial charge in [-0.3, -0.25) is 0 Å². The van der Waals surface area contributed by atoms with Gasteiger partial charge in [-0.25, -0.2) is 4.39 Å². The second kappa shape index (κ2) is 7.12. The number of rotatable bonds is 3. The van der Waals surface area contributed by atoms with Crippen LogP contribution in [0.1, 0.15) is 24.0 Å². The van der Waals surface area contributed by atoms with Gasteiger partial charge in [0.05, 0.1) is 5.71 Å². The van der Waals surface area contributed by atoms with E-state index >= 15 is 0 Å². The summed E-state index contributed by atoms with van der Waals surface area (Å²) >= 11 is 0. The average Bonchev–Trinajstić information content (AvgIpc) is 3.20. The Balaban J connectivity index is 1.77. The van der Waals surface area contributed by atoms with E-state index in [0.717, 1.165) is 35.4 Å². The van der Waals surface area contributed by atoms with Crippen molar-refractivity contribution in [1.29, 1.82) is 5.41 Å². The van der Waals surface area contributed by atoms with Crippen molar-refractivity contribution in [3.63, 3.8) is 0 Å². The maximum atomic E-state index is 13.4. The quantitative estimate of drug-likeness (QED) is 0.796. The first kappa shape index (κ1) is 16.5. The van der Waals surface area contributed by atoms with E-state index < -0.39 is 0 Å². The van der Waals surface area contributed by atoms with Crippen molar-refractivity contribution in [2.75, 3.05) is 18.0 Å². The summed E-state index contributed by atoms with van der Waals surface area (Å²) in [5.41, 5.74) is 5.89. The van der Waals surface area contributed by atoms with Gasteiger partial charge in [-0.05, 0) is 71.5 Å². The lowest BCUT2D eigenvalue weighted by Crippen LogP contribution is -2.17. The fraction of sp³-hybridized carbons (Fsp3) is 0.174. The zero-order chi connectivity index (χ0) is 17.9. The molecule has 2 aromatic rings. The fourth-order valence-electron chi connectivity index (χ4n) is 3.57. The molecule has 0 radical (unpaired) electrons. The van der Waals surface area contributed by atoms with Crippen molar-refractivity contribution in [3.8, 4) is 0 Å². The van der Waals surface area contributed by atoms with Crippen LogP contribution in [0.2, 0.25) is 0 Å².